The average molecular weight is 298 g/mol. The molecule has 0 aromatic heterocycles. The average Bonchev–Trinajstić information content (AvgIpc) is 2.43. The fraction of sp³-hybridized carbons (Fsp3) is 0.429. The van der Waals surface area contributed by atoms with Gasteiger partial charge in [-0.1, -0.05) is 0 Å². The molecule has 0 saturated heterocycles. The van der Waals surface area contributed by atoms with Crippen LogP contribution in [0, 0.1) is 5.82 Å². The molecule has 0 fully saturated rings. The zero-order chi connectivity index (χ0) is 15.8. The fourth-order valence-corrected chi connectivity index (χ4v) is 1.81. The molecular weight excluding hydrogens is 279 g/mol. The van der Waals surface area contributed by atoms with Gasteiger partial charge < -0.3 is 20.5 Å². The van der Waals surface area contributed by atoms with Crippen molar-refractivity contribution in [1.29, 1.82) is 0 Å². The third-order valence-electron chi connectivity index (χ3n) is 2.86. The number of amides is 2. The number of nitrogens with one attached hydrogen (secondary N) is 2. The highest BCUT2D eigenvalue weighted by atomic mass is 19.1. The van der Waals surface area contributed by atoms with Gasteiger partial charge in [0.1, 0.15) is 11.6 Å². The van der Waals surface area contributed by atoms with Gasteiger partial charge in [-0.15, -0.1) is 0 Å². The second kappa shape index (κ2) is 8.08. The van der Waals surface area contributed by atoms with Crippen LogP contribution in [-0.4, -0.2) is 30.8 Å². The number of carbonyl (C=O) groups excluding carboxylic acids is 1. The van der Waals surface area contributed by atoms with Gasteiger partial charge in [0.05, 0.1) is 13.2 Å². The Kier molecular flexibility index (Phi) is 6.45. The Hall–Kier alpha value is -2.31. The molecule has 0 radical (unpaired) electrons. The number of halogens is 1. The monoisotopic (exact) mass is 298 g/mol. The number of carboxylic acids is 1. The minimum atomic E-state index is -0.907. The second-order valence-electron chi connectivity index (χ2n) is 4.51. The minimum Gasteiger partial charge on any atom is -0.496 e. The predicted octanol–water partition coefficient (Wildman–Crippen LogP) is 2.06. The van der Waals surface area contributed by atoms with Crippen molar-refractivity contribution < 1.29 is 23.8 Å². The molecule has 0 aliphatic heterocycles. The standard InChI is InChI=1S/C14H19FN2O4/c1-9(11-8-10(15)5-6-12(11)21-2)17-14(20)16-7-3-4-13(18)19/h5-6,8-9H,3-4,7H2,1-2H3,(H,18,19)(H2,16,17,20). The van der Waals surface area contributed by atoms with Crippen molar-refractivity contribution in [1.82, 2.24) is 10.6 Å². The molecule has 0 bridgehead atoms. The lowest BCUT2D eigenvalue weighted by atomic mass is 10.1. The maximum atomic E-state index is 13.3. The molecule has 116 valence electrons. The van der Waals surface area contributed by atoms with Crippen molar-refractivity contribution >= 4 is 12.0 Å². The summed E-state index contributed by atoms with van der Waals surface area (Å²) in [5, 5.41) is 13.7. The van der Waals surface area contributed by atoms with Gasteiger partial charge in [-0.2, -0.15) is 0 Å². The minimum absolute atomic E-state index is 0.00640. The predicted molar refractivity (Wildman–Crippen MR) is 74.8 cm³/mol. The van der Waals surface area contributed by atoms with Crippen molar-refractivity contribution in [2.75, 3.05) is 13.7 Å². The van der Waals surface area contributed by atoms with Gasteiger partial charge >= 0.3 is 12.0 Å². The van der Waals surface area contributed by atoms with E-state index in [2.05, 4.69) is 10.6 Å². The number of benzene rings is 1. The molecule has 1 rings (SSSR count). The summed E-state index contributed by atoms with van der Waals surface area (Å²) in [6.45, 7) is 1.96. The van der Waals surface area contributed by atoms with Crippen molar-refractivity contribution in [3.05, 3.63) is 29.6 Å². The number of ether oxygens (including phenoxy) is 1. The highest BCUT2D eigenvalue weighted by Gasteiger charge is 2.14. The summed E-state index contributed by atoms with van der Waals surface area (Å²) in [7, 11) is 1.47. The molecule has 1 atom stereocenters. The lowest BCUT2D eigenvalue weighted by Gasteiger charge is -2.17. The molecule has 0 heterocycles. The van der Waals surface area contributed by atoms with Gasteiger partial charge in [-0.25, -0.2) is 9.18 Å². The first kappa shape index (κ1) is 16.7. The van der Waals surface area contributed by atoms with Crippen LogP contribution >= 0.6 is 0 Å². The molecule has 2 amide bonds. The van der Waals surface area contributed by atoms with E-state index in [1.165, 1.54) is 25.3 Å². The van der Waals surface area contributed by atoms with Gasteiger partial charge in [-0.3, -0.25) is 4.79 Å². The van der Waals surface area contributed by atoms with Crippen LogP contribution in [0.2, 0.25) is 0 Å². The summed E-state index contributed by atoms with van der Waals surface area (Å²) in [6.07, 6.45) is 0.341. The Labute approximate surface area is 122 Å². The summed E-state index contributed by atoms with van der Waals surface area (Å²) >= 11 is 0. The highest BCUT2D eigenvalue weighted by molar-refractivity contribution is 5.74. The quantitative estimate of drug-likeness (QED) is 0.672. The van der Waals surface area contributed by atoms with Crippen LogP contribution in [-0.2, 0) is 4.79 Å². The summed E-state index contributed by atoms with van der Waals surface area (Å²) < 4.78 is 18.4. The Bertz CT molecular complexity index is 508. The van der Waals surface area contributed by atoms with Crippen LogP contribution in [0.1, 0.15) is 31.4 Å². The Morgan fingerprint density at radius 2 is 2.14 bits per heavy atom. The highest BCUT2D eigenvalue weighted by Crippen LogP contribution is 2.25. The van der Waals surface area contributed by atoms with E-state index >= 15 is 0 Å². The fourth-order valence-electron chi connectivity index (χ4n) is 1.81. The SMILES string of the molecule is COc1ccc(F)cc1C(C)NC(=O)NCCCC(=O)O. The molecule has 7 heteroatoms. The van der Waals surface area contributed by atoms with Gasteiger partial charge in [0.25, 0.3) is 0 Å². The molecule has 0 spiro atoms. The van der Waals surface area contributed by atoms with E-state index in [4.69, 9.17) is 9.84 Å². The maximum Gasteiger partial charge on any atom is 0.315 e. The molecule has 0 aliphatic carbocycles. The van der Waals surface area contributed by atoms with E-state index in [9.17, 15) is 14.0 Å². The Balaban J connectivity index is 2.52. The van der Waals surface area contributed by atoms with E-state index in [0.717, 1.165) is 0 Å². The molecule has 0 saturated carbocycles. The van der Waals surface area contributed by atoms with Crippen LogP contribution in [0.4, 0.5) is 9.18 Å². The van der Waals surface area contributed by atoms with Gasteiger partial charge in [0.15, 0.2) is 0 Å². The molecule has 1 unspecified atom stereocenters. The van der Waals surface area contributed by atoms with Crippen LogP contribution in [0.5, 0.6) is 5.75 Å². The number of hydrogen-bond acceptors (Lipinski definition) is 3. The van der Waals surface area contributed by atoms with Gasteiger partial charge in [-0.05, 0) is 31.5 Å². The third kappa shape index (κ3) is 5.68. The smallest absolute Gasteiger partial charge is 0.315 e. The molecule has 1 aromatic rings. The zero-order valence-corrected chi connectivity index (χ0v) is 12.0. The van der Waals surface area contributed by atoms with E-state index in [-0.39, 0.29) is 13.0 Å². The van der Waals surface area contributed by atoms with Crippen LogP contribution < -0.4 is 15.4 Å². The maximum absolute atomic E-state index is 13.3. The molecule has 3 N–H and O–H groups in total. The van der Waals surface area contributed by atoms with Crippen LogP contribution in [0.25, 0.3) is 0 Å². The number of urea groups is 1. The number of methoxy groups -OCH3 is 1. The van der Waals surface area contributed by atoms with Crippen molar-refractivity contribution in [2.45, 2.75) is 25.8 Å². The first-order valence-corrected chi connectivity index (χ1v) is 6.53. The molecular formula is C14H19FN2O4. The summed E-state index contributed by atoms with van der Waals surface area (Å²) in [5.74, 6) is -0.841. The summed E-state index contributed by atoms with van der Waals surface area (Å²) in [4.78, 5) is 22.0. The van der Waals surface area contributed by atoms with E-state index in [1.54, 1.807) is 6.92 Å². The molecule has 1 aromatic carbocycles. The first-order valence-electron chi connectivity index (χ1n) is 6.53. The van der Waals surface area contributed by atoms with E-state index in [1.807, 2.05) is 0 Å². The van der Waals surface area contributed by atoms with Crippen LogP contribution in [0.3, 0.4) is 0 Å². The number of rotatable bonds is 7. The topological polar surface area (TPSA) is 87.7 Å². The van der Waals surface area contributed by atoms with Crippen molar-refractivity contribution in [3.63, 3.8) is 0 Å². The Morgan fingerprint density at radius 1 is 1.43 bits per heavy atom. The lowest BCUT2D eigenvalue weighted by molar-refractivity contribution is -0.137. The summed E-state index contributed by atoms with van der Waals surface area (Å²) in [5.41, 5.74) is 0.526. The van der Waals surface area contributed by atoms with Gasteiger partial charge in [0, 0.05) is 18.5 Å². The third-order valence-corrected chi connectivity index (χ3v) is 2.86. The van der Waals surface area contributed by atoms with Crippen molar-refractivity contribution in [2.24, 2.45) is 0 Å². The normalized spacial score (nSPS) is 11.6. The zero-order valence-electron chi connectivity index (χ0n) is 12.0. The van der Waals surface area contributed by atoms with E-state index in [0.29, 0.717) is 17.7 Å². The second-order valence-corrected chi connectivity index (χ2v) is 4.51. The number of carboxylic acid groups (broad SMARTS) is 1. The lowest BCUT2D eigenvalue weighted by Crippen LogP contribution is -2.37. The van der Waals surface area contributed by atoms with E-state index < -0.39 is 23.9 Å². The van der Waals surface area contributed by atoms with Crippen molar-refractivity contribution in [3.8, 4) is 5.75 Å². The summed E-state index contributed by atoms with van der Waals surface area (Å²) in [6, 6.07) is 3.18. The molecule has 0 aliphatic rings. The largest absolute Gasteiger partial charge is 0.496 e. The van der Waals surface area contributed by atoms with Gasteiger partial charge in [0.2, 0.25) is 0 Å². The first-order chi connectivity index (χ1) is 9.93. The molecule has 21 heavy (non-hydrogen) atoms. The molecule has 6 nitrogen and oxygen atoms in total. The Morgan fingerprint density at radius 3 is 2.76 bits per heavy atom. The number of hydrogen-bond donors (Lipinski definition) is 3. The van der Waals surface area contributed by atoms with Crippen LogP contribution in [0.15, 0.2) is 18.2 Å². The number of aliphatic carboxylic acids is 1. The number of carbonyl (C=O) groups is 2.